The fraction of sp³-hybridized carbons (Fsp3) is 0.182. The summed E-state index contributed by atoms with van der Waals surface area (Å²) in [6, 6.07) is 21.9. The lowest BCUT2D eigenvalue weighted by atomic mass is 9.65. The second-order valence-electron chi connectivity index (χ2n) is 6.67. The molecule has 26 heavy (non-hydrogen) atoms. The van der Waals surface area contributed by atoms with Gasteiger partial charge in [0.15, 0.2) is 0 Å². The Labute approximate surface area is 151 Å². The van der Waals surface area contributed by atoms with Crippen molar-refractivity contribution in [3.8, 4) is 0 Å². The van der Waals surface area contributed by atoms with Crippen LogP contribution in [0.2, 0.25) is 0 Å². The largest absolute Gasteiger partial charge is 0.472 e. The van der Waals surface area contributed by atoms with Crippen LogP contribution in [0.5, 0.6) is 0 Å². The summed E-state index contributed by atoms with van der Waals surface area (Å²) >= 11 is 0. The van der Waals surface area contributed by atoms with Crippen molar-refractivity contribution in [2.75, 3.05) is 0 Å². The number of ether oxygens (including phenoxy) is 2. The number of aliphatic hydroxyl groups excluding tert-OH is 1. The number of furan rings is 1. The van der Waals surface area contributed by atoms with Crippen LogP contribution in [0.4, 0.5) is 0 Å². The fourth-order valence-electron chi connectivity index (χ4n) is 4.16. The van der Waals surface area contributed by atoms with Gasteiger partial charge < -0.3 is 19.0 Å². The molecule has 2 aliphatic rings. The summed E-state index contributed by atoms with van der Waals surface area (Å²) in [5.41, 5.74) is 1.98. The molecule has 0 amide bonds. The van der Waals surface area contributed by atoms with Gasteiger partial charge in [-0.25, -0.2) is 0 Å². The van der Waals surface area contributed by atoms with E-state index < -0.39 is 17.5 Å². The Morgan fingerprint density at radius 1 is 0.885 bits per heavy atom. The highest BCUT2D eigenvalue weighted by atomic mass is 16.7. The highest BCUT2D eigenvalue weighted by Crippen LogP contribution is 2.64. The molecule has 3 heterocycles. The molecule has 3 aromatic rings. The summed E-state index contributed by atoms with van der Waals surface area (Å²) in [5.74, 6) is -1.33. The molecule has 130 valence electrons. The minimum atomic E-state index is -1.16. The van der Waals surface area contributed by atoms with E-state index in [1.165, 1.54) is 12.5 Å². The molecule has 2 aromatic carbocycles. The molecular weight excluding hydrogens is 328 g/mol. The van der Waals surface area contributed by atoms with Gasteiger partial charge in [0.1, 0.15) is 11.7 Å². The summed E-state index contributed by atoms with van der Waals surface area (Å²) in [6.07, 6.45) is 5.70. The first-order chi connectivity index (χ1) is 12.8. The van der Waals surface area contributed by atoms with Crippen LogP contribution in [-0.4, -0.2) is 10.9 Å². The van der Waals surface area contributed by atoms with E-state index >= 15 is 0 Å². The minimum Gasteiger partial charge on any atom is -0.472 e. The number of fused-ring (bicyclic) bond motifs is 1. The summed E-state index contributed by atoms with van der Waals surface area (Å²) < 4.78 is 17.5. The topological polar surface area (TPSA) is 51.8 Å². The maximum absolute atomic E-state index is 11.0. The first kappa shape index (κ1) is 15.4. The third-order valence-corrected chi connectivity index (χ3v) is 5.36. The molecular formula is C22H18O4. The lowest BCUT2D eigenvalue weighted by Gasteiger charge is -2.59. The van der Waals surface area contributed by atoms with Gasteiger partial charge in [0.2, 0.25) is 0 Å². The Morgan fingerprint density at radius 2 is 1.54 bits per heavy atom. The van der Waals surface area contributed by atoms with Gasteiger partial charge in [-0.15, -0.1) is 0 Å². The van der Waals surface area contributed by atoms with E-state index in [0.29, 0.717) is 5.56 Å². The Kier molecular flexibility index (Phi) is 3.32. The van der Waals surface area contributed by atoms with Crippen molar-refractivity contribution < 1.29 is 19.0 Å². The molecule has 0 aliphatic carbocycles. The normalized spacial score (nSPS) is 26.6. The van der Waals surface area contributed by atoms with Gasteiger partial charge >= 0.3 is 0 Å². The average molecular weight is 346 g/mol. The number of rotatable bonds is 4. The molecule has 1 aromatic heterocycles. The van der Waals surface area contributed by atoms with Crippen LogP contribution in [0.3, 0.4) is 0 Å². The van der Waals surface area contributed by atoms with Gasteiger partial charge in [-0.05, 0) is 23.3 Å². The van der Waals surface area contributed by atoms with E-state index in [-0.39, 0.29) is 5.92 Å². The Hall–Kier alpha value is -2.82. The SMILES string of the molecule is OC(c1ccoc1)C12OC=CC1C(c1ccccc1)(c1ccccc1)O2. The van der Waals surface area contributed by atoms with E-state index in [9.17, 15) is 5.11 Å². The third-order valence-electron chi connectivity index (χ3n) is 5.36. The van der Waals surface area contributed by atoms with Crippen LogP contribution in [0, 0.1) is 5.92 Å². The maximum atomic E-state index is 11.0. The highest BCUT2D eigenvalue weighted by Gasteiger charge is 2.72. The molecule has 0 radical (unpaired) electrons. The molecule has 3 atom stereocenters. The van der Waals surface area contributed by atoms with E-state index in [2.05, 4.69) is 0 Å². The molecule has 1 fully saturated rings. The quantitative estimate of drug-likeness (QED) is 0.771. The van der Waals surface area contributed by atoms with E-state index in [4.69, 9.17) is 13.9 Å². The van der Waals surface area contributed by atoms with Crippen LogP contribution in [0.1, 0.15) is 22.8 Å². The third kappa shape index (κ3) is 1.91. The molecule has 3 unspecified atom stereocenters. The van der Waals surface area contributed by atoms with Crippen LogP contribution in [0.25, 0.3) is 0 Å². The Morgan fingerprint density at radius 3 is 2.12 bits per heavy atom. The molecule has 4 nitrogen and oxygen atoms in total. The monoisotopic (exact) mass is 346 g/mol. The summed E-state index contributed by atoms with van der Waals surface area (Å²) in [4.78, 5) is 0. The first-order valence-corrected chi connectivity index (χ1v) is 8.63. The van der Waals surface area contributed by atoms with Crippen molar-refractivity contribution in [1.29, 1.82) is 0 Å². The first-order valence-electron chi connectivity index (χ1n) is 8.63. The summed E-state index contributed by atoms with van der Waals surface area (Å²) in [7, 11) is 0. The zero-order valence-electron chi connectivity index (χ0n) is 14.0. The Balaban J connectivity index is 1.64. The van der Waals surface area contributed by atoms with Crippen LogP contribution in [0.15, 0.2) is 96.0 Å². The van der Waals surface area contributed by atoms with Crippen molar-refractivity contribution in [1.82, 2.24) is 0 Å². The van der Waals surface area contributed by atoms with Crippen molar-refractivity contribution in [3.63, 3.8) is 0 Å². The minimum absolute atomic E-state index is 0.176. The predicted octanol–water partition coefficient (Wildman–Crippen LogP) is 4.14. The van der Waals surface area contributed by atoms with Crippen LogP contribution < -0.4 is 0 Å². The molecule has 5 rings (SSSR count). The van der Waals surface area contributed by atoms with Gasteiger partial charge in [-0.3, -0.25) is 0 Å². The number of hydrogen-bond acceptors (Lipinski definition) is 4. The molecule has 4 heteroatoms. The van der Waals surface area contributed by atoms with Crippen molar-refractivity contribution >= 4 is 0 Å². The average Bonchev–Trinajstić information content (AvgIpc) is 3.33. The number of hydrogen-bond donors (Lipinski definition) is 1. The zero-order valence-corrected chi connectivity index (χ0v) is 14.0. The van der Waals surface area contributed by atoms with Gasteiger partial charge in [0, 0.05) is 5.56 Å². The number of benzene rings is 2. The zero-order chi connectivity index (χ0) is 17.6. The number of aliphatic hydroxyl groups is 1. The summed E-state index contributed by atoms with van der Waals surface area (Å²) in [5, 5.41) is 11.0. The van der Waals surface area contributed by atoms with E-state index in [0.717, 1.165) is 11.1 Å². The van der Waals surface area contributed by atoms with Gasteiger partial charge in [-0.1, -0.05) is 60.7 Å². The van der Waals surface area contributed by atoms with E-state index in [1.807, 2.05) is 66.7 Å². The van der Waals surface area contributed by atoms with Crippen LogP contribution >= 0.6 is 0 Å². The second kappa shape index (κ2) is 5.59. The summed E-state index contributed by atoms with van der Waals surface area (Å²) in [6.45, 7) is 0. The van der Waals surface area contributed by atoms with Crippen molar-refractivity contribution in [3.05, 3.63) is 108 Å². The molecule has 2 aliphatic heterocycles. The predicted molar refractivity (Wildman–Crippen MR) is 94.9 cm³/mol. The Bertz CT molecular complexity index is 878. The van der Waals surface area contributed by atoms with Gasteiger partial charge in [0.05, 0.1) is 24.7 Å². The van der Waals surface area contributed by atoms with Gasteiger partial charge in [-0.2, -0.15) is 0 Å². The lowest BCUT2D eigenvalue weighted by Crippen LogP contribution is -2.67. The fourth-order valence-corrected chi connectivity index (χ4v) is 4.16. The smallest absolute Gasteiger partial charge is 0.251 e. The van der Waals surface area contributed by atoms with Crippen molar-refractivity contribution in [2.45, 2.75) is 17.5 Å². The van der Waals surface area contributed by atoms with Crippen molar-refractivity contribution in [2.24, 2.45) is 5.92 Å². The molecule has 0 bridgehead atoms. The van der Waals surface area contributed by atoms with Gasteiger partial charge in [0.25, 0.3) is 5.79 Å². The molecule has 1 N–H and O–H groups in total. The highest BCUT2D eigenvalue weighted by molar-refractivity contribution is 5.45. The van der Waals surface area contributed by atoms with E-state index in [1.54, 1.807) is 12.3 Å². The maximum Gasteiger partial charge on any atom is 0.251 e. The standard InChI is InChI=1S/C22H18O4/c23-20(16-11-13-24-15-16)22-19(12-14-25-22)21(26-22,17-7-3-1-4-8-17)18-9-5-2-6-10-18/h1-15,19-20,23H. The molecule has 0 saturated carbocycles. The molecule has 0 spiro atoms. The second-order valence-corrected chi connectivity index (χ2v) is 6.67. The van der Waals surface area contributed by atoms with Crippen LogP contribution in [-0.2, 0) is 15.1 Å². The lowest BCUT2D eigenvalue weighted by molar-refractivity contribution is -0.413. The molecule has 1 saturated heterocycles.